The topological polar surface area (TPSA) is 70.7 Å². The van der Waals surface area contributed by atoms with Gasteiger partial charge in [0.25, 0.3) is 5.91 Å². The lowest BCUT2D eigenvalue weighted by Gasteiger charge is -2.31. The van der Waals surface area contributed by atoms with Crippen LogP contribution in [-0.4, -0.2) is 55.5 Å². The van der Waals surface area contributed by atoms with E-state index in [0.717, 1.165) is 44.5 Å². The fourth-order valence-corrected chi connectivity index (χ4v) is 2.95. The van der Waals surface area contributed by atoms with Gasteiger partial charge in [0.2, 0.25) is 5.91 Å². The van der Waals surface area contributed by atoms with E-state index in [1.165, 1.54) is 0 Å². The number of nitrogens with zero attached hydrogens (tertiary/aromatic N) is 1. The minimum atomic E-state index is -0.0532. The van der Waals surface area contributed by atoms with Crippen molar-refractivity contribution < 1.29 is 14.3 Å². The summed E-state index contributed by atoms with van der Waals surface area (Å²) in [6, 6.07) is 7.70. The molecule has 1 saturated carbocycles. The van der Waals surface area contributed by atoms with Gasteiger partial charge < -0.3 is 15.4 Å². The fraction of sp³-hybridized carbons (Fsp3) is 0.556. The van der Waals surface area contributed by atoms with Crippen LogP contribution >= 0.6 is 0 Å². The monoisotopic (exact) mass is 331 g/mol. The number of piperidine rings is 1. The number of ether oxygens (including phenoxy) is 1. The molecule has 2 amide bonds. The molecule has 2 N–H and O–H groups in total. The number of rotatable bonds is 6. The molecule has 0 atom stereocenters. The molecule has 6 heteroatoms. The SMILES string of the molecule is COc1ccc(C(=O)NC2CCN(CC(=O)NC3CC3)CC2)cc1. The van der Waals surface area contributed by atoms with E-state index >= 15 is 0 Å². The van der Waals surface area contributed by atoms with Crippen LogP contribution in [0.5, 0.6) is 5.75 Å². The number of benzene rings is 1. The maximum absolute atomic E-state index is 12.3. The van der Waals surface area contributed by atoms with Crippen LogP contribution in [0.25, 0.3) is 0 Å². The van der Waals surface area contributed by atoms with E-state index in [0.29, 0.717) is 18.2 Å². The van der Waals surface area contributed by atoms with Gasteiger partial charge >= 0.3 is 0 Å². The van der Waals surface area contributed by atoms with Crippen LogP contribution in [0.15, 0.2) is 24.3 Å². The Morgan fingerprint density at radius 2 is 1.67 bits per heavy atom. The Morgan fingerprint density at radius 3 is 2.25 bits per heavy atom. The third-order valence-electron chi connectivity index (χ3n) is 4.58. The first-order chi connectivity index (χ1) is 11.6. The highest BCUT2D eigenvalue weighted by Crippen LogP contribution is 2.18. The molecular weight excluding hydrogens is 306 g/mol. The Hall–Kier alpha value is -2.08. The fourth-order valence-electron chi connectivity index (χ4n) is 2.95. The summed E-state index contributed by atoms with van der Waals surface area (Å²) in [6.07, 6.45) is 3.98. The van der Waals surface area contributed by atoms with Gasteiger partial charge in [-0.3, -0.25) is 14.5 Å². The number of carbonyl (C=O) groups is 2. The molecular formula is C18H25N3O3. The summed E-state index contributed by atoms with van der Waals surface area (Å²) in [5.41, 5.74) is 0.641. The number of nitrogens with one attached hydrogen (secondary N) is 2. The van der Waals surface area contributed by atoms with Crippen LogP contribution in [0.3, 0.4) is 0 Å². The average molecular weight is 331 g/mol. The molecule has 3 rings (SSSR count). The van der Waals surface area contributed by atoms with Crippen molar-refractivity contribution in [1.29, 1.82) is 0 Å². The molecule has 0 aromatic heterocycles. The summed E-state index contributed by atoms with van der Waals surface area (Å²) in [7, 11) is 1.60. The Balaban J connectivity index is 1.40. The van der Waals surface area contributed by atoms with E-state index < -0.39 is 0 Å². The normalized spacial score (nSPS) is 18.9. The van der Waals surface area contributed by atoms with Crippen molar-refractivity contribution in [2.75, 3.05) is 26.7 Å². The van der Waals surface area contributed by atoms with Gasteiger partial charge in [0.15, 0.2) is 0 Å². The highest BCUT2D eigenvalue weighted by molar-refractivity contribution is 5.94. The van der Waals surface area contributed by atoms with Crippen molar-refractivity contribution >= 4 is 11.8 Å². The number of likely N-dealkylation sites (tertiary alicyclic amines) is 1. The standard InChI is InChI=1S/C18H25N3O3/c1-24-16-6-2-13(3-7-16)18(23)20-15-8-10-21(11-9-15)12-17(22)19-14-4-5-14/h2-3,6-7,14-15H,4-5,8-12H2,1H3,(H,19,22)(H,20,23). The lowest BCUT2D eigenvalue weighted by Crippen LogP contribution is -2.47. The number of amides is 2. The van der Waals surface area contributed by atoms with E-state index in [1.807, 2.05) is 0 Å². The summed E-state index contributed by atoms with van der Waals surface area (Å²) >= 11 is 0. The van der Waals surface area contributed by atoms with Crippen molar-refractivity contribution in [2.45, 2.75) is 37.8 Å². The third-order valence-corrected chi connectivity index (χ3v) is 4.58. The molecule has 2 aliphatic rings. The van der Waals surface area contributed by atoms with Crippen molar-refractivity contribution in [3.8, 4) is 5.75 Å². The summed E-state index contributed by atoms with van der Waals surface area (Å²) in [6.45, 7) is 2.15. The lowest BCUT2D eigenvalue weighted by molar-refractivity contribution is -0.122. The Morgan fingerprint density at radius 1 is 1.04 bits per heavy atom. The average Bonchev–Trinajstić information content (AvgIpc) is 3.40. The zero-order valence-electron chi connectivity index (χ0n) is 14.1. The number of hydrogen-bond donors (Lipinski definition) is 2. The Bertz CT molecular complexity index is 576. The smallest absolute Gasteiger partial charge is 0.251 e. The molecule has 1 saturated heterocycles. The molecule has 0 bridgehead atoms. The van der Waals surface area contributed by atoms with Gasteiger partial charge in [-0.1, -0.05) is 0 Å². The first kappa shape index (κ1) is 16.8. The molecule has 1 aromatic rings. The molecule has 0 radical (unpaired) electrons. The summed E-state index contributed by atoms with van der Waals surface area (Å²) in [4.78, 5) is 26.3. The zero-order valence-corrected chi connectivity index (χ0v) is 14.1. The number of hydrogen-bond acceptors (Lipinski definition) is 4. The van der Waals surface area contributed by atoms with Gasteiger partial charge in [0, 0.05) is 30.7 Å². The van der Waals surface area contributed by atoms with Gasteiger partial charge in [-0.2, -0.15) is 0 Å². The van der Waals surface area contributed by atoms with Crippen LogP contribution in [0.1, 0.15) is 36.0 Å². The number of carbonyl (C=O) groups excluding carboxylic acids is 2. The predicted octanol–water partition coefficient (Wildman–Crippen LogP) is 1.17. The summed E-state index contributed by atoms with van der Waals surface area (Å²) in [5.74, 6) is 0.810. The maximum atomic E-state index is 12.3. The third kappa shape index (κ3) is 4.71. The van der Waals surface area contributed by atoms with E-state index in [9.17, 15) is 9.59 Å². The van der Waals surface area contributed by atoms with E-state index in [2.05, 4.69) is 15.5 Å². The summed E-state index contributed by atoms with van der Waals surface area (Å²) < 4.78 is 5.10. The Labute approximate surface area is 142 Å². The molecule has 1 aliphatic carbocycles. The van der Waals surface area contributed by atoms with Gasteiger partial charge in [0.1, 0.15) is 5.75 Å². The van der Waals surface area contributed by atoms with E-state index in [1.54, 1.807) is 31.4 Å². The van der Waals surface area contributed by atoms with Crippen LogP contribution < -0.4 is 15.4 Å². The molecule has 0 spiro atoms. The van der Waals surface area contributed by atoms with Crippen molar-refractivity contribution in [3.63, 3.8) is 0 Å². The highest BCUT2D eigenvalue weighted by Gasteiger charge is 2.26. The van der Waals surface area contributed by atoms with Crippen LogP contribution in [0.4, 0.5) is 0 Å². The van der Waals surface area contributed by atoms with Crippen molar-refractivity contribution in [2.24, 2.45) is 0 Å². The highest BCUT2D eigenvalue weighted by atomic mass is 16.5. The second kappa shape index (κ2) is 7.66. The van der Waals surface area contributed by atoms with Crippen LogP contribution in [-0.2, 0) is 4.79 Å². The van der Waals surface area contributed by atoms with Crippen molar-refractivity contribution in [3.05, 3.63) is 29.8 Å². The molecule has 1 aliphatic heterocycles. The van der Waals surface area contributed by atoms with E-state index in [4.69, 9.17) is 4.74 Å². The largest absolute Gasteiger partial charge is 0.497 e. The van der Waals surface area contributed by atoms with Crippen LogP contribution in [0.2, 0.25) is 0 Å². The second-order valence-corrected chi connectivity index (χ2v) is 6.59. The minimum absolute atomic E-state index is 0.0532. The minimum Gasteiger partial charge on any atom is -0.497 e. The molecule has 0 unspecified atom stereocenters. The molecule has 130 valence electrons. The summed E-state index contributed by atoms with van der Waals surface area (Å²) in [5, 5.41) is 6.10. The zero-order chi connectivity index (χ0) is 16.9. The van der Waals surface area contributed by atoms with Gasteiger partial charge in [0.05, 0.1) is 13.7 Å². The molecule has 6 nitrogen and oxygen atoms in total. The van der Waals surface area contributed by atoms with Gasteiger partial charge in [-0.25, -0.2) is 0 Å². The Kier molecular flexibility index (Phi) is 5.35. The van der Waals surface area contributed by atoms with E-state index in [-0.39, 0.29) is 17.9 Å². The van der Waals surface area contributed by atoms with Crippen LogP contribution in [0, 0.1) is 0 Å². The molecule has 1 aromatic carbocycles. The molecule has 1 heterocycles. The van der Waals surface area contributed by atoms with Crippen molar-refractivity contribution in [1.82, 2.24) is 15.5 Å². The second-order valence-electron chi connectivity index (χ2n) is 6.59. The molecule has 24 heavy (non-hydrogen) atoms. The quantitative estimate of drug-likeness (QED) is 0.821. The van der Waals surface area contributed by atoms with Gasteiger partial charge in [-0.15, -0.1) is 0 Å². The maximum Gasteiger partial charge on any atom is 0.251 e. The number of methoxy groups -OCH3 is 1. The van der Waals surface area contributed by atoms with Gasteiger partial charge in [-0.05, 0) is 49.9 Å². The molecule has 2 fully saturated rings. The lowest BCUT2D eigenvalue weighted by atomic mass is 10.0. The predicted molar refractivity (Wildman–Crippen MR) is 91.1 cm³/mol. The first-order valence-electron chi connectivity index (χ1n) is 8.60. The first-order valence-corrected chi connectivity index (χ1v) is 8.60.